The van der Waals surface area contributed by atoms with E-state index < -0.39 is 6.67 Å². The highest BCUT2D eigenvalue weighted by Crippen LogP contribution is 2.30. The van der Waals surface area contributed by atoms with Gasteiger partial charge in [-0.2, -0.15) is 0 Å². The van der Waals surface area contributed by atoms with E-state index in [1.807, 2.05) is 23.1 Å². The molecule has 0 radical (unpaired) electrons. The average Bonchev–Trinajstić information content (AvgIpc) is 2.46. The highest BCUT2D eigenvalue weighted by Gasteiger charge is 2.18. The van der Waals surface area contributed by atoms with Crippen LogP contribution in [-0.2, 0) is 0 Å². The van der Waals surface area contributed by atoms with E-state index in [-0.39, 0.29) is 12.6 Å². The largest absolute Gasteiger partial charge is 0.490 e. The molecule has 110 valence electrons. The number of anilines is 1. The van der Waals surface area contributed by atoms with E-state index in [2.05, 4.69) is 20.8 Å². The van der Waals surface area contributed by atoms with Crippen molar-refractivity contribution in [3.05, 3.63) is 22.7 Å². The van der Waals surface area contributed by atoms with E-state index in [1.165, 1.54) is 0 Å². The average molecular weight is 345 g/mol. The number of benzene rings is 1. The van der Waals surface area contributed by atoms with Crippen molar-refractivity contribution in [3.63, 3.8) is 0 Å². The van der Waals surface area contributed by atoms with Crippen LogP contribution in [0, 0.1) is 5.41 Å². The van der Waals surface area contributed by atoms with Crippen LogP contribution in [0.25, 0.3) is 0 Å². The molecule has 3 N–H and O–H groups in total. The quantitative estimate of drug-likeness (QED) is 0.645. The Bertz CT molecular complexity index is 477. The normalized spacial score (nSPS) is 15.3. The Balaban J connectivity index is 2.00. The molecular formula is C13H18BrFN4O. The van der Waals surface area contributed by atoms with Gasteiger partial charge in [-0.3, -0.25) is 5.41 Å². The van der Waals surface area contributed by atoms with Gasteiger partial charge in [-0.1, -0.05) is 0 Å². The maximum Gasteiger partial charge on any atom is 0.188 e. The number of hydrogen-bond acceptors (Lipinski definition) is 3. The van der Waals surface area contributed by atoms with Gasteiger partial charge in [-0.05, 0) is 34.1 Å². The monoisotopic (exact) mass is 344 g/mol. The molecule has 2 rings (SSSR count). The van der Waals surface area contributed by atoms with Crippen molar-refractivity contribution in [2.24, 2.45) is 5.73 Å². The molecule has 1 aliphatic rings. The molecule has 1 aliphatic heterocycles. The summed E-state index contributed by atoms with van der Waals surface area (Å²) in [6.07, 6.45) is 0. The van der Waals surface area contributed by atoms with Crippen LogP contribution in [-0.4, -0.2) is 50.3 Å². The van der Waals surface area contributed by atoms with Crippen molar-refractivity contribution >= 4 is 27.6 Å². The zero-order valence-electron chi connectivity index (χ0n) is 11.1. The molecule has 0 amide bonds. The first-order valence-corrected chi connectivity index (χ1v) is 7.23. The number of guanidine groups is 1. The van der Waals surface area contributed by atoms with Crippen LogP contribution >= 0.6 is 15.9 Å². The summed E-state index contributed by atoms with van der Waals surface area (Å²) in [4.78, 5) is 4.08. The highest BCUT2D eigenvalue weighted by molar-refractivity contribution is 9.10. The van der Waals surface area contributed by atoms with Crippen LogP contribution in [0.15, 0.2) is 22.7 Å². The van der Waals surface area contributed by atoms with Crippen LogP contribution < -0.4 is 15.4 Å². The van der Waals surface area contributed by atoms with E-state index in [0.717, 1.165) is 36.3 Å². The third-order valence-electron chi connectivity index (χ3n) is 3.24. The lowest BCUT2D eigenvalue weighted by Gasteiger charge is -2.36. The fraction of sp³-hybridized carbons (Fsp3) is 0.462. The molecule has 1 aromatic rings. The first kappa shape index (κ1) is 14.9. The Morgan fingerprint density at radius 1 is 1.35 bits per heavy atom. The van der Waals surface area contributed by atoms with Gasteiger partial charge in [-0.15, -0.1) is 0 Å². The fourth-order valence-electron chi connectivity index (χ4n) is 2.16. The summed E-state index contributed by atoms with van der Waals surface area (Å²) in [5.74, 6) is 0.773. The number of nitrogens with two attached hydrogens (primary N) is 1. The predicted molar refractivity (Wildman–Crippen MR) is 81.3 cm³/mol. The summed E-state index contributed by atoms with van der Waals surface area (Å²) in [6.45, 7) is 2.68. The van der Waals surface area contributed by atoms with E-state index in [9.17, 15) is 4.39 Å². The minimum absolute atomic E-state index is 0.0647. The molecule has 0 saturated carbocycles. The van der Waals surface area contributed by atoms with Crippen molar-refractivity contribution < 1.29 is 9.13 Å². The number of rotatable bonds is 4. The molecule has 0 spiro atoms. The third kappa shape index (κ3) is 3.53. The molecule has 7 heteroatoms. The van der Waals surface area contributed by atoms with E-state index in [4.69, 9.17) is 15.9 Å². The minimum Gasteiger partial charge on any atom is -0.490 e. The van der Waals surface area contributed by atoms with Crippen LogP contribution in [0.5, 0.6) is 5.75 Å². The molecule has 1 saturated heterocycles. The van der Waals surface area contributed by atoms with Crippen LogP contribution in [0.1, 0.15) is 0 Å². The molecule has 0 unspecified atom stereocenters. The maximum atomic E-state index is 12.1. The third-order valence-corrected chi connectivity index (χ3v) is 3.86. The number of ether oxygens (including phenoxy) is 1. The first-order chi connectivity index (χ1) is 9.61. The highest BCUT2D eigenvalue weighted by atomic mass is 79.9. The lowest BCUT2D eigenvalue weighted by molar-refractivity contribution is 0.272. The van der Waals surface area contributed by atoms with Gasteiger partial charge in [0.2, 0.25) is 0 Å². The van der Waals surface area contributed by atoms with Crippen LogP contribution in [0.2, 0.25) is 0 Å². The standard InChI is InChI=1S/C13H18BrFN4O/c14-11-9-10(1-2-12(11)20-8-3-15)18-4-6-19(7-5-18)13(16)17/h1-2,9H,3-8H2,(H3,16,17). The lowest BCUT2D eigenvalue weighted by Crippen LogP contribution is -2.50. The van der Waals surface area contributed by atoms with E-state index in [1.54, 1.807) is 0 Å². The molecule has 1 heterocycles. The molecule has 1 aromatic carbocycles. The number of alkyl halides is 1. The molecule has 0 aromatic heterocycles. The summed E-state index contributed by atoms with van der Waals surface area (Å²) in [6, 6.07) is 5.77. The summed E-state index contributed by atoms with van der Waals surface area (Å²) in [7, 11) is 0. The van der Waals surface area contributed by atoms with Gasteiger partial charge in [0, 0.05) is 31.9 Å². The van der Waals surface area contributed by atoms with Gasteiger partial charge < -0.3 is 20.3 Å². The predicted octanol–water partition coefficient (Wildman–Crippen LogP) is 1.81. The number of hydrogen-bond donors (Lipinski definition) is 2. The molecular weight excluding hydrogens is 327 g/mol. The van der Waals surface area contributed by atoms with Crippen molar-refractivity contribution in [2.75, 3.05) is 44.4 Å². The molecule has 0 bridgehead atoms. The van der Waals surface area contributed by atoms with Gasteiger partial charge in [0.1, 0.15) is 19.0 Å². The zero-order chi connectivity index (χ0) is 14.5. The van der Waals surface area contributed by atoms with Crippen molar-refractivity contribution in [1.29, 1.82) is 5.41 Å². The van der Waals surface area contributed by atoms with Crippen molar-refractivity contribution in [3.8, 4) is 5.75 Å². The summed E-state index contributed by atoms with van der Waals surface area (Å²) < 4.78 is 18.2. The SMILES string of the molecule is N=C(N)N1CCN(c2ccc(OCCF)c(Br)c2)CC1. The summed E-state index contributed by atoms with van der Waals surface area (Å²) >= 11 is 3.44. The smallest absolute Gasteiger partial charge is 0.188 e. The number of piperazine rings is 1. The van der Waals surface area contributed by atoms with Gasteiger partial charge in [0.25, 0.3) is 0 Å². The Kier molecular flexibility index (Phi) is 5.05. The van der Waals surface area contributed by atoms with Gasteiger partial charge in [0.05, 0.1) is 4.47 Å². The van der Waals surface area contributed by atoms with Crippen LogP contribution in [0.3, 0.4) is 0 Å². The Labute approximate surface area is 126 Å². The van der Waals surface area contributed by atoms with Crippen LogP contribution in [0.4, 0.5) is 10.1 Å². The summed E-state index contributed by atoms with van der Waals surface area (Å²) in [5.41, 5.74) is 6.55. The van der Waals surface area contributed by atoms with Gasteiger partial charge in [-0.25, -0.2) is 4.39 Å². The van der Waals surface area contributed by atoms with Crippen molar-refractivity contribution in [1.82, 2.24) is 4.90 Å². The Morgan fingerprint density at radius 3 is 2.60 bits per heavy atom. The molecule has 0 aliphatic carbocycles. The van der Waals surface area contributed by atoms with E-state index >= 15 is 0 Å². The topological polar surface area (TPSA) is 65.6 Å². The molecule has 20 heavy (non-hydrogen) atoms. The first-order valence-electron chi connectivity index (χ1n) is 6.44. The molecule has 0 atom stereocenters. The number of halogens is 2. The second kappa shape index (κ2) is 6.78. The van der Waals surface area contributed by atoms with Gasteiger partial charge >= 0.3 is 0 Å². The summed E-state index contributed by atoms with van der Waals surface area (Å²) in [5, 5.41) is 7.42. The Hall–Kier alpha value is -1.50. The lowest BCUT2D eigenvalue weighted by atomic mass is 10.2. The maximum absolute atomic E-state index is 12.1. The zero-order valence-corrected chi connectivity index (χ0v) is 12.7. The Morgan fingerprint density at radius 2 is 2.05 bits per heavy atom. The van der Waals surface area contributed by atoms with Gasteiger partial charge in [0.15, 0.2) is 5.96 Å². The molecule has 1 fully saturated rings. The van der Waals surface area contributed by atoms with Crippen molar-refractivity contribution in [2.45, 2.75) is 0 Å². The van der Waals surface area contributed by atoms with E-state index in [0.29, 0.717) is 5.75 Å². The second-order valence-electron chi connectivity index (χ2n) is 4.51. The number of nitrogens with zero attached hydrogens (tertiary/aromatic N) is 2. The number of nitrogens with one attached hydrogen (secondary N) is 1. The minimum atomic E-state index is -0.499. The fourth-order valence-corrected chi connectivity index (χ4v) is 2.64. The second-order valence-corrected chi connectivity index (χ2v) is 5.37. The molecule has 5 nitrogen and oxygen atoms in total.